The van der Waals surface area contributed by atoms with Crippen molar-refractivity contribution in [2.75, 3.05) is 0 Å². The van der Waals surface area contributed by atoms with E-state index >= 15 is 0 Å². The molecule has 0 amide bonds. The zero-order valence-corrected chi connectivity index (χ0v) is 28.7. The molecule has 0 saturated heterocycles. The van der Waals surface area contributed by atoms with Crippen LogP contribution in [0.5, 0.6) is 0 Å². The smallest absolute Gasteiger partial charge is 0.253 e. The lowest BCUT2D eigenvalue weighted by Crippen LogP contribution is -2.39. The van der Waals surface area contributed by atoms with Crippen molar-refractivity contribution in [3.05, 3.63) is 189 Å². The molecule has 0 spiro atoms. The fraction of sp³-hybridized carbons (Fsp3) is 0.0976. The Kier molecular flexibility index (Phi) is 8.26. The molecule has 8 rings (SSSR count). The number of hydrogen-bond donors (Lipinski definition) is 0. The molecule has 5 aromatic carbocycles. The number of furan rings is 1. The minimum absolute atomic E-state index is 0.0748. The van der Waals surface area contributed by atoms with E-state index in [1.54, 1.807) is 15.6 Å². The molecule has 0 N–H and O–H groups in total. The summed E-state index contributed by atoms with van der Waals surface area (Å²) in [6, 6.07) is 46.2. The van der Waals surface area contributed by atoms with Gasteiger partial charge in [-0.2, -0.15) is 0 Å². The van der Waals surface area contributed by atoms with E-state index in [0.717, 1.165) is 49.1 Å². The summed E-state index contributed by atoms with van der Waals surface area (Å²) in [7, 11) is 0. The Labute approximate surface area is 296 Å². The monoisotopic (exact) mass is 718 g/mol. The van der Waals surface area contributed by atoms with E-state index in [4.69, 9.17) is 19.8 Å². The minimum Gasteiger partial charge on any atom is -0.455 e. The van der Waals surface area contributed by atoms with Gasteiger partial charge in [0.2, 0.25) is 5.82 Å². The van der Waals surface area contributed by atoms with Crippen molar-refractivity contribution in [3.8, 4) is 22.7 Å². The number of aromatic nitrogens is 6. The second-order valence-corrected chi connectivity index (χ2v) is 12.8. The Morgan fingerprint density at radius 1 is 0.740 bits per heavy atom. The Balaban J connectivity index is 1.25. The van der Waals surface area contributed by atoms with Crippen molar-refractivity contribution in [2.24, 2.45) is 0 Å². The van der Waals surface area contributed by atoms with Crippen LogP contribution in [0.1, 0.15) is 35.0 Å². The zero-order chi connectivity index (χ0) is 34.1. The zero-order valence-electron chi connectivity index (χ0n) is 27.1. The summed E-state index contributed by atoms with van der Waals surface area (Å²) in [6.07, 6.45) is 2.23. The number of nitrogens with zero attached hydrogens (tertiary/aromatic N) is 6. The predicted molar refractivity (Wildman–Crippen MR) is 198 cm³/mol. The Morgan fingerprint density at radius 2 is 1.34 bits per heavy atom. The van der Waals surface area contributed by atoms with Crippen molar-refractivity contribution in [3.63, 3.8) is 0 Å². The summed E-state index contributed by atoms with van der Waals surface area (Å²) < 4.78 is 9.00. The molecule has 0 radical (unpaired) electrons. The van der Waals surface area contributed by atoms with Crippen molar-refractivity contribution in [2.45, 2.75) is 25.4 Å². The number of aryl methyl sites for hydroxylation is 1. The van der Waals surface area contributed by atoms with Gasteiger partial charge in [-0.05, 0) is 55.5 Å². The molecular formula is C41H31BrN6O2. The largest absolute Gasteiger partial charge is 0.455 e. The third-order valence-electron chi connectivity index (χ3n) is 9.07. The van der Waals surface area contributed by atoms with Crippen LogP contribution in [-0.4, -0.2) is 29.8 Å². The first-order valence-electron chi connectivity index (χ1n) is 16.4. The molecule has 0 fully saturated rings. The van der Waals surface area contributed by atoms with E-state index in [1.807, 2.05) is 97.9 Å². The highest BCUT2D eigenvalue weighted by Crippen LogP contribution is 2.43. The standard InChI is InChI=1S/C41H31BrN6O2/c1-2-36-43-25-24-37(49)47(36)27-28-22-23-35-34(26-28)38(42)39(50-35)32-20-12-13-21-33(32)40-44-46-48(45-40)41(29-14-6-3-7-15-29,30-16-8-4-9-17-30)31-18-10-5-11-19-31/h3-26H,2,27H2,1H3. The molecule has 0 saturated carbocycles. The van der Waals surface area contributed by atoms with Gasteiger partial charge in [-0.15, -0.1) is 15.0 Å². The maximum absolute atomic E-state index is 12.7. The van der Waals surface area contributed by atoms with E-state index in [-0.39, 0.29) is 5.56 Å². The molecule has 0 aliphatic heterocycles. The maximum atomic E-state index is 12.7. The van der Waals surface area contributed by atoms with Crippen LogP contribution in [0.3, 0.4) is 0 Å². The highest BCUT2D eigenvalue weighted by atomic mass is 79.9. The van der Waals surface area contributed by atoms with Crippen molar-refractivity contribution in [1.82, 2.24) is 29.8 Å². The first-order valence-corrected chi connectivity index (χ1v) is 17.2. The van der Waals surface area contributed by atoms with E-state index in [1.165, 1.54) is 6.07 Å². The number of hydrogen-bond acceptors (Lipinski definition) is 6. The van der Waals surface area contributed by atoms with Crippen LogP contribution in [0.2, 0.25) is 0 Å². The highest BCUT2D eigenvalue weighted by molar-refractivity contribution is 9.10. The molecular weight excluding hydrogens is 688 g/mol. The van der Waals surface area contributed by atoms with Crippen LogP contribution in [0, 0.1) is 0 Å². The summed E-state index contributed by atoms with van der Waals surface area (Å²) in [5.74, 6) is 1.86. The SMILES string of the molecule is CCc1nccc(=O)n1Cc1ccc2oc(-c3ccccc3-c3nnn(C(c4ccccc4)(c4ccccc4)c4ccccc4)n3)c(Br)c2c1. The molecule has 0 bridgehead atoms. The Bertz CT molecular complexity index is 2390. The van der Waals surface area contributed by atoms with Gasteiger partial charge in [0.1, 0.15) is 17.2 Å². The number of fused-ring (bicyclic) bond motifs is 1. The van der Waals surface area contributed by atoms with Crippen LogP contribution in [-0.2, 0) is 18.5 Å². The van der Waals surface area contributed by atoms with Crippen LogP contribution in [0.15, 0.2) is 159 Å². The number of rotatable bonds is 9. The third-order valence-corrected chi connectivity index (χ3v) is 9.86. The second-order valence-electron chi connectivity index (χ2n) is 12.0. The van der Waals surface area contributed by atoms with Gasteiger partial charge >= 0.3 is 0 Å². The molecule has 0 unspecified atom stereocenters. The predicted octanol–water partition coefficient (Wildman–Crippen LogP) is 8.52. The summed E-state index contributed by atoms with van der Waals surface area (Å²) >= 11 is 3.85. The van der Waals surface area contributed by atoms with Gasteiger partial charge in [-0.25, -0.2) is 4.98 Å². The van der Waals surface area contributed by atoms with Crippen molar-refractivity contribution < 1.29 is 4.42 Å². The van der Waals surface area contributed by atoms with E-state index in [0.29, 0.717) is 30.1 Å². The number of tetrazole rings is 1. The quantitative estimate of drug-likeness (QED) is 0.139. The molecule has 8 nitrogen and oxygen atoms in total. The van der Waals surface area contributed by atoms with Crippen LogP contribution in [0.25, 0.3) is 33.7 Å². The molecule has 0 aliphatic carbocycles. The van der Waals surface area contributed by atoms with Gasteiger partial charge in [-0.1, -0.05) is 128 Å². The molecule has 3 aromatic heterocycles. The topological polar surface area (TPSA) is 91.6 Å². The van der Waals surface area contributed by atoms with Gasteiger partial charge in [-0.3, -0.25) is 9.36 Å². The fourth-order valence-electron chi connectivity index (χ4n) is 6.72. The molecule has 9 heteroatoms. The van der Waals surface area contributed by atoms with Crippen LogP contribution >= 0.6 is 15.9 Å². The van der Waals surface area contributed by atoms with Crippen LogP contribution < -0.4 is 5.56 Å². The molecule has 244 valence electrons. The minimum atomic E-state index is -0.895. The van der Waals surface area contributed by atoms with Gasteiger partial charge in [0, 0.05) is 35.2 Å². The van der Waals surface area contributed by atoms with Gasteiger partial charge in [0.05, 0.1) is 11.0 Å². The van der Waals surface area contributed by atoms with Crippen molar-refractivity contribution in [1.29, 1.82) is 0 Å². The van der Waals surface area contributed by atoms with Crippen LogP contribution in [0.4, 0.5) is 0 Å². The fourth-order valence-corrected chi connectivity index (χ4v) is 7.32. The Morgan fingerprint density at radius 3 is 1.96 bits per heavy atom. The highest BCUT2D eigenvalue weighted by Gasteiger charge is 2.41. The molecule has 50 heavy (non-hydrogen) atoms. The first-order chi connectivity index (χ1) is 24.6. The first kappa shape index (κ1) is 31.3. The number of benzene rings is 5. The van der Waals surface area contributed by atoms with Gasteiger partial charge in [0.15, 0.2) is 5.54 Å². The lowest BCUT2D eigenvalue weighted by atomic mass is 9.77. The summed E-state index contributed by atoms with van der Waals surface area (Å²) in [6.45, 7) is 2.41. The van der Waals surface area contributed by atoms with Crippen molar-refractivity contribution >= 4 is 26.9 Å². The van der Waals surface area contributed by atoms with E-state index in [9.17, 15) is 4.79 Å². The normalized spacial score (nSPS) is 11.6. The van der Waals surface area contributed by atoms with Gasteiger partial charge in [0.25, 0.3) is 5.56 Å². The third kappa shape index (κ3) is 5.36. The average Bonchev–Trinajstić information content (AvgIpc) is 3.79. The lowest BCUT2D eigenvalue weighted by Gasteiger charge is -2.34. The Hall–Kier alpha value is -5.93. The van der Waals surface area contributed by atoms with Gasteiger partial charge < -0.3 is 4.42 Å². The number of halogens is 1. The van der Waals surface area contributed by atoms with E-state index < -0.39 is 5.54 Å². The summed E-state index contributed by atoms with van der Waals surface area (Å²) in [5.41, 5.74) is 5.32. The molecule has 0 atom stereocenters. The lowest BCUT2D eigenvalue weighted by molar-refractivity contribution is 0.396. The molecule has 0 aliphatic rings. The average molecular weight is 720 g/mol. The van der Waals surface area contributed by atoms with E-state index in [2.05, 4.69) is 63.4 Å². The summed E-state index contributed by atoms with van der Waals surface area (Å²) in [5, 5.41) is 15.5. The summed E-state index contributed by atoms with van der Waals surface area (Å²) in [4.78, 5) is 18.8. The molecule has 8 aromatic rings. The maximum Gasteiger partial charge on any atom is 0.253 e. The molecule has 3 heterocycles. The second kappa shape index (κ2) is 13.2.